The van der Waals surface area contributed by atoms with E-state index in [0.717, 1.165) is 44.5 Å². The van der Waals surface area contributed by atoms with E-state index < -0.39 is 0 Å². The number of rotatable bonds is 8. The van der Waals surface area contributed by atoms with Crippen LogP contribution in [0.1, 0.15) is 50.4 Å². The van der Waals surface area contributed by atoms with Crippen molar-refractivity contribution in [3.05, 3.63) is 52.6 Å². The maximum Gasteiger partial charge on any atom is 0.212 e. The number of aryl methyl sites for hydroxylation is 2. The van der Waals surface area contributed by atoms with Gasteiger partial charge in [-0.25, -0.2) is 0 Å². The molecule has 0 atom stereocenters. The number of carbonyl (C=O) groups is 2. The molecule has 2 heterocycles. The first-order chi connectivity index (χ1) is 12.9. The second kappa shape index (κ2) is 8.15. The van der Waals surface area contributed by atoms with Gasteiger partial charge in [-0.2, -0.15) is 0 Å². The summed E-state index contributed by atoms with van der Waals surface area (Å²) in [6.07, 6.45) is 7.78. The summed E-state index contributed by atoms with van der Waals surface area (Å²) in [6, 6.07) is 1.66. The van der Waals surface area contributed by atoms with Crippen LogP contribution < -0.4 is 0 Å². The molecule has 0 aromatic carbocycles. The third kappa shape index (κ3) is 4.01. The Hall–Kier alpha value is -2.31. The van der Waals surface area contributed by atoms with Gasteiger partial charge in [-0.1, -0.05) is 0 Å². The van der Waals surface area contributed by atoms with Crippen LogP contribution in [0.15, 0.2) is 24.7 Å². The number of fused-ring (bicyclic) bond motifs is 2. The number of nitrogens with zero attached hydrogens (tertiary/aromatic N) is 4. The minimum atomic E-state index is -0.0867. The van der Waals surface area contributed by atoms with Gasteiger partial charge in [0.1, 0.15) is 5.69 Å². The van der Waals surface area contributed by atoms with Crippen LogP contribution in [0.5, 0.6) is 0 Å². The molecular weight excluding hydrogens is 340 g/mol. The molecule has 3 rings (SSSR count). The van der Waals surface area contributed by atoms with Gasteiger partial charge in [-0.15, -0.1) is 0 Å². The monoisotopic (exact) mass is 368 g/mol. The maximum absolute atomic E-state index is 13.2. The highest BCUT2D eigenvalue weighted by molar-refractivity contribution is 6.28. The number of ketones is 2. The first-order valence-corrected chi connectivity index (χ1v) is 9.45. The fourth-order valence-corrected chi connectivity index (χ4v) is 3.65. The highest BCUT2D eigenvalue weighted by atomic mass is 16.1. The van der Waals surface area contributed by atoms with Gasteiger partial charge in [0.05, 0.1) is 11.1 Å². The van der Waals surface area contributed by atoms with Gasteiger partial charge in [0, 0.05) is 30.7 Å². The van der Waals surface area contributed by atoms with Crippen molar-refractivity contribution in [1.29, 1.82) is 0 Å². The Morgan fingerprint density at radius 3 is 2.37 bits per heavy atom. The van der Waals surface area contributed by atoms with Gasteiger partial charge in [-0.3, -0.25) is 14.6 Å². The highest BCUT2D eigenvalue weighted by Crippen LogP contribution is 2.31. The van der Waals surface area contributed by atoms with Crippen LogP contribution >= 0.6 is 0 Å². The fourth-order valence-electron chi connectivity index (χ4n) is 3.65. The topological polar surface area (TPSA) is 58.4 Å². The molecule has 0 saturated carbocycles. The van der Waals surface area contributed by atoms with Crippen LogP contribution in [0.4, 0.5) is 0 Å². The van der Waals surface area contributed by atoms with Crippen molar-refractivity contribution in [2.75, 3.05) is 41.3 Å². The van der Waals surface area contributed by atoms with E-state index in [1.54, 1.807) is 12.3 Å². The zero-order chi connectivity index (χ0) is 19.6. The molecule has 0 aliphatic heterocycles. The summed E-state index contributed by atoms with van der Waals surface area (Å²) in [7, 11) is 8.16. The van der Waals surface area contributed by atoms with Crippen molar-refractivity contribution >= 4 is 11.6 Å². The second-order valence-corrected chi connectivity index (χ2v) is 7.71. The average molecular weight is 368 g/mol. The molecule has 0 radical (unpaired) electrons. The summed E-state index contributed by atoms with van der Waals surface area (Å²) in [4.78, 5) is 34.6. The van der Waals surface area contributed by atoms with Crippen LogP contribution in [0.25, 0.3) is 0 Å². The molecule has 0 fully saturated rings. The molecule has 0 bridgehead atoms. The van der Waals surface area contributed by atoms with Crippen LogP contribution in [0.2, 0.25) is 0 Å². The molecule has 0 spiro atoms. The van der Waals surface area contributed by atoms with Crippen molar-refractivity contribution < 1.29 is 9.59 Å². The predicted octanol–water partition coefficient (Wildman–Crippen LogP) is 2.10. The van der Waals surface area contributed by atoms with Crippen molar-refractivity contribution in [2.45, 2.75) is 25.8 Å². The average Bonchev–Trinajstić information content (AvgIpc) is 2.98. The minimum Gasteiger partial charge on any atom is -0.344 e. The molecule has 2 aromatic heterocycles. The van der Waals surface area contributed by atoms with Crippen molar-refractivity contribution in [2.24, 2.45) is 0 Å². The van der Waals surface area contributed by atoms with Crippen LogP contribution in [-0.2, 0) is 13.0 Å². The number of hydrogen-bond acceptors (Lipinski definition) is 5. The molecule has 6 nitrogen and oxygen atoms in total. The van der Waals surface area contributed by atoms with E-state index in [9.17, 15) is 9.59 Å². The lowest BCUT2D eigenvalue weighted by atomic mass is 9.87. The SMILES string of the molecule is CN(C)CCCc1cn(CCCN(C)C)c2c1C(=O)c1ccncc1C2=O. The van der Waals surface area contributed by atoms with E-state index >= 15 is 0 Å². The van der Waals surface area contributed by atoms with Gasteiger partial charge in [0.2, 0.25) is 5.78 Å². The molecule has 0 N–H and O–H groups in total. The van der Waals surface area contributed by atoms with Crippen LogP contribution in [0.3, 0.4) is 0 Å². The van der Waals surface area contributed by atoms with E-state index in [-0.39, 0.29) is 11.6 Å². The number of carbonyl (C=O) groups excluding carboxylic acids is 2. The summed E-state index contributed by atoms with van der Waals surface area (Å²) in [5, 5.41) is 0. The number of pyridine rings is 1. The molecule has 0 amide bonds. The number of hydrogen-bond donors (Lipinski definition) is 0. The van der Waals surface area contributed by atoms with E-state index in [1.165, 1.54) is 6.20 Å². The zero-order valence-electron chi connectivity index (χ0n) is 16.7. The molecule has 144 valence electrons. The zero-order valence-corrected chi connectivity index (χ0v) is 16.7. The molecule has 27 heavy (non-hydrogen) atoms. The summed E-state index contributed by atoms with van der Waals surface area (Å²) in [5.41, 5.74) is 3.02. The fraction of sp³-hybridized carbons (Fsp3) is 0.476. The Bertz CT molecular complexity index is 784. The molecular formula is C21H28N4O2. The highest BCUT2D eigenvalue weighted by Gasteiger charge is 2.35. The molecule has 1 aliphatic carbocycles. The summed E-state index contributed by atoms with van der Waals surface area (Å²) < 4.78 is 1.99. The summed E-state index contributed by atoms with van der Waals surface area (Å²) >= 11 is 0. The Morgan fingerprint density at radius 2 is 1.67 bits per heavy atom. The lowest BCUT2D eigenvalue weighted by molar-refractivity contribution is 0.0972. The van der Waals surface area contributed by atoms with Crippen molar-refractivity contribution in [3.8, 4) is 0 Å². The first-order valence-electron chi connectivity index (χ1n) is 9.45. The minimum absolute atomic E-state index is 0.0480. The molecule has 0 unspecified atom stereocenters. The third-order valence-corrected chi connectivity index (χ3v) is 4.97. The summed E-state index contributed by atoms with van der Waals surface area (Å²) in [6.45, 7) is 2.61. The van der Waals surface area contributed by atoms with Crippen molar-refractivity contribution in [1.82, 2.24) is 19.4 Å². The van der Waals surface area contributed by atoms with E-state index in [2.05, 4.69) is 14.8 Å². The molecule has 1 aliphatic rings. The van der Waals surface area contributed by atoms with E-state index in [4.69, 9.17) is 0 Å². The van der Waals surface area contributed by atoms with E-state index in [0.29, 0.717) is 22.4 Å². The standard InChI is InChI=1S/C21H28N4O2/c1-23(2)10-5-7-15-14-25(12-6-11-24(3)4)19-18(15)20(26)16-8-9-22-13-17(16)21(19)27/h8-9,13-14H,5-7,10-12H2,1-4H3. The van der Waals surface area contributed by atoms with Gasteiger partial charge < -0.3 is 14.4 Å². The van der Waals surface area contributed by atoms with E-state index in [1.807, 2.05) is 39.0 Å². The van der Waals surface area contributed by atoms with Crippen molar-refractivity contribution in [3.63, 3.8) is 0 Å². The summed E-state index contributed by atoms with van der Waals surface area (Å²) in [5.74, 6) is -0.135. The maximum atomic E-state index is 13.2. The molecule has 6 heteroatoms. The van der Waals surface area contributed by atoms with Gasteiger partial charge in [-0.05, 0) is 72.2 Å². The Kier molecular flexibility index (Phi) is 5.87. The lowest BCUT2D eigenvalue weighted by Crippen LogP contribution is -2.24. The Balaban J connectivity index is 1.97. The largest absolute Gasteiger partial charge is 0.344 e. The number of aromatic nitrogens is 2. The van der Waals surface area contributed by atoms with Crippen LogP contribution in [0, 0.1) is 0 Å². The van der Waals surface area contributed by atoms with Gasteiger partial charge >= 0.3 is 0 Å². The van der Waals surface area contributed by atoms with Crippen LogP contribution in [-0.4, -0.2) is 72.2 Å². The lowest BCUT2D eigenvalue weighted by Gasteiger charge is -2.18. The third-order valence-electron chi connectivity index (χ3n) is 4.97. The normalized spacial score (nSPS) is 13.4. The van der Waals surface area contributed by atoms with Gasteiger partial charge in [0.25, 0.3) is 0 Å². The first kappa shape index (κ1) is 19.5. The molecule has 2 aromatic rings. The quantitative estimate of drug-likeness (QED) is 0.609. The Labute approximate surface area is 160 Å². The van der Waals surface area contributed by atoms with Gasteiger partial charge in [0.15, 0.2) is 5.78 Å². The predicted molar refractivity (Wildman–Crippen MR) is 106 cm³/mol. The molecule has 0 saturated heterocycles. The smallest absolute Gasteiger partial charge is 0.212 e. The second-order valence-electron chi connectivity index (χ2n) is 7.71. The Morgan fingerprint density at radius 1 is 0.963 bits per heavy atom.